The molecule has 4 rings (SSSR count). The Morgan fingerprint density at radius 2 is 2.00 bits per heavy atom. The van der Waals surface area contributed by atoms with Gasteiger partial charge in [0.15, 0.2) is 5.65 Å². The van der Waals surface area contributed by atoms with Crippen LogP contribution in [0.1, 0.15) is 34.4 Å². The highest BCUT2D eigenvalue weighted by Gasteiger charge is 2.14. The molecule has 9 nitrogen and oxygen atoms in total. The average molecular weight is 442 g/mol. The van der Waals surface area contributed by atoms with E-state index in [0.717, 1.165) is 11.1 Å². The molecule has 0 radical (unpaired) electrons. The van der Waals surface area contributed by atoms with E-state index < -0.39 is 5.56 Å². The Labute approximate surface area is 188 Å². The lowest BCUT2D eigenvalue weighted by Crippen LogP contribution is -2.21. The number of nitriles is 1. The Morgan fingerprint density at radius 3 is 2.76 bits per heavy atom. The molecule has 0 bridgehead atoms. The van der Waals surface area contributed by atoms with Crippen molar-refractivity contribution in [3.63, 3.8) is 0 Å². The van der Waals surface area contributed by atoms with Gasteiger partial charge in [0, 0.05) is 24.0 Å². The standard InChI is InChI=1S/C24H22N6O3/c1-15-19(16(2)26-23(32)20(15)13-25)9-10-22(31)27-18-7-5-6-17(12-18)14-30-24(33)29-11-4-3-8-21(29)28-30/h3-8,11-12H,9-10,14H2,1-2H3,(H,26,32)(H,27,31). The minimum atomic E-state index is -0.415. The zero-order valence-corrected chi connectivity index (χ0v) is 18.3. The number of hydrogen-bond acceptors (Lipinski definition) is 5. The number of fused-ring (bicyclic) bond motifs is 1. The van der Waals surface area contributed by atoms with Gasteiger partial charge in [0.05, 0.1) is 6.54 Å². The second kappa shape index (κ2) is 8.96. The van der Waals surface area contributed by atoms with Gasteiger partial charge in [-0.15, -0.1) is 5.10 Å². The Balaban J connectivity index is 1.45. The number of carbonyl (C=O) groups is 1. The zero-order chi connectivity index (χ0) is 23.5. The minimum Gasteiger partial charge on any atom is -0.326 e. The maximum absolute atomic E-state index is 12.6. The van der Waals surface area contributed by atoms with Crippen molar-refractivity contribution < 1.29 is 4.79 Å². The van der Waals surface area contributed by atoms with E-state index in [1.165, 1.54) is 9.08 Å². The smallest absolute Gasteiger partial charge is 0.326 e. The van der Waals surface area contributed by atoms with Crippen molar-refractivity contribution >= 4 is 17.2 Å². The first kappa shape index (κ1) is 21.8. The van der Waals surface area contributed by atoms with Gasteiger partial charge in [0.1, 0.15) is 11.6 Å². The summed E-state index contributed by atoms with van der Waals surface area (Å²) < 4.78 is 2.86. The van der Waals surface area contributed by atoms with Crippen molar-refractivity contribution in [2.75, 3.05) is 5.32 Å². The molecule has 166 valence electrons. The normalized spacial score (nSPS) is 10.8. The summed E-state index contributed by atoms with van der Waals surface area (Å²) in [6.07, 6.45) is 2.25. The van der Waals surface area contributed by atoms with Crippen molar-refractivity contribution in [2.45, 2.75) is 33.2 Å². The first-order valence-corrected chi connectivity index (χ1v) is 10.4. The van der Waals surface area contributed by atoms with Gasteiger partial charge in [0.2, 0.25) is 5.91 Å². The Hall–Kier alpha value is -4.45. The lowest BCUT2D eigenvalue weighted by atomic mass is 9.99. The molecule has 0 aliphatic heterocycles. The average Bonchev–Trinajstić information content (AvgIpc) is 3.09. The number of anilines is 1. The van der Waals surface area contributed by atoms with Crippen LogP contribution in [0.3, 0.4) is 0 Å². The summed E-state index contributed by atoms with van der Waals surface area (Å²) in [7, 11) is 0. The monoisotopic (exact) mass is 442 g/mol. The maximum Gasteiger partial charge on any atom is 0.350 e. The van der Waals surface area contributed by atoms with E-state index in [0.29, 0.717) is 29.0 Å². The zero-order valence-electron chi connectivity index (χ0n) is 18.3. The molecule has 0 unspecified atom stereocenters. The summed E-state index contributed by atoms with van der Waals surface area (Å²) in [5, 5.41) is 16.4. The molecule has 9 heteroatoms. The fraction of sp³-hybridized carbons (Fsp3) is 0.208. The third-order valence-electron chi connectivity index (χ3n) is 5.55. The molecule has 1 aromatic carbocycles. The Kier molecular flexibility index (Phi) is 5.91. The van der Waals surface area contributed by atoms with Crippen LogP contribution >= 0.6 is 0 Å². The van der Waals surface area contributed by atoms with E-state index in [1.807, 2.05) is 18.2 Å². The molecule has 4 aromatic rings. The second-order valence-electron chi connectivity index (χ2n) is 7.79. The molecule has 0 saturated heterocycles. The van der Waals surface area contributed by atoms with Crippen LogP contribution in [0.2, 0.25) is 0 Å². The molecule has 3 aromatic heterocycles. The van der Waals surface area contributed by atoms with Gasteiger partial charge >= 0.3 is 5.69 Å². The Morgan fingerprint density at radius 1 is 1.18 bits per heavy atom. The number of pyridine rings is 2. The first-order chi connectivity index (χ1) is 15.9. The van der Waals surface area contributed by atoms with E-state index in [4.69, 9.17) is 0 Å². The first-order valence-electron chi connectivity index (χ1n) is 10.4. The number of aromatic nitrogens is 4. The van der Waals surface area contributed by atoms with E-state index in [-0.39, 0.29) is 30.1 Å². The van der Waals surface area contributed by atoms with Crippen molar-refractivity contribution in [1.82, 2.24) is 19.2 Å². The third-order valence-corrected chi connectivity index (χ3v) is 5.55. The van der Waals surface area contributed by atoms with Crippen LogP contribution in [0.5, 0.6) is 0 Å². The Bertz CT molecular complexity index is 1520. The van der Waals surface area contributed by atoms with E-state index in [2.05, 4.69) is 15.4 Å². The number of H-pyrrole nitrogens is 1. The lowest BCUT2D eigenvalue weighted by Gasteiger charge is -2.11. The molecule has 0 atom stereocenters. The van der Waals surface area contributed by atoms with Crippen LogP contribution in [-0.2, 0) is 17.8 Å². The highest BCUT2D eigenvalue weighted by atomic mass is 16.2. The molecular formula is C24H22N6O3. The van der Waals surface area contributed by atoms with E-state index in [9.17, 15) is 19.6 Å². The topological polar surface area (TPSA) is 125 Å². The number of hydrogen-bond donors (Lipinski definition) is 2. The summed E-state index contributed by atoms with van der Waals surface area (Å²) in [5.74, 6) is -0.194. The molecule has 0 aliphatic rings. The predicted molar refractivity (Wildman–Crippen MR) is 123 cm³/mol. The predicted octanol–water partition coefficient (Wildman–Crippen LogP) is 2.29. The number of rotatable bonds is 6. The van der Waals surface area contributed by atoms with Gasteiger partial charge in [-0.25, -0.2) is 9.48 Å². The molecular weight excluding hydrogens is 420 g/mol. The van der Waals surface area contributed by atoms with Crippen LogP contribution in [-0.4, -0.2) is 25.1 Å². The molecule has 0 saturated carbocycles. The molecule has 1 amide bonds. The van der Waals surface area contributed by atoms with E-state index >= 15 is 0 Å². The molecule has 33 heavy (non-hydrogen) atoms. The number of nitrogens with one attached hydrogen (secondary N) is 2. The number of carbonyl (C=O) groups excluding carboxylic acids is 1. The van der Waals surface area contributed by atoms with Gasteiger partial charge in [0.25, 0.3) is 5.56 Å². The van der Waals surface area contributed by atoms with Crippen molar-refractivity contribution in [2.24, 2.45) is 0 Å². The van der Waals surface area contributed by atoms with Gasteiger partial charge in [-0.2, -0.15) is 5.26 Å². The lowest BCUT2D eigenvalue weighted by molar-refractivity contribution is -0.116. The summed E-state index contributed by atoms with van der Waals surface area (Å²) in [5.41, 5.74) is 3.49. The van der Waals surface area contributed by atoms with Crippen molar-refractivity contribution in [3.05, 3.63) is 97.4 Å². The van der Waals surface area contributed by atoms with E-state index in [1.54, 1.807) is 50.4 Å². The number of aryl methyl sites for hydroxylation is 1. The largest absolute Gasteiger partial charge is 0.350 e. The number of nitrogens with zero attached hydrogens (tertiary/aromatic N) is 4. The van der Waals surface area contributed by atoms with Crippen LogP contribution < -0.4 is 16.6 Å². The van der Waals surface area contributed by atoms with Crippen molar-refractivity contribution in [3.8, 4) is 6.07 Å². The highest BCUT2D eigenvalue weighted by Crippen LogP contribution is 2.16. The SMILES string of the molecule is Cc1[nH]c(=O)c(C#N)c(C)c1CCC(=O)Nc1cccc(Cn2nc3ccccn3c2=O)c1. The summed E-state index contributed by atoms with van der Waals surface area (Å²) in [6.45, 7) is 3.75. The van der Waals surface area contributed by atoms with Crippen LogP contribution in [0.15, 0.2) is 58.3 Å². The van der Waals surface area contributed by atoms with Crippen LogP contribution in [0.4, 0.5) is 5.69 Å². The number of benzene rings is 1. The number of aromatic amines is 1. The summed E-state index contributed by atoms with van der Waals surface area (Å²) >= 11 is 0. The van der Waals surface area contributed by atoms with Crippen LogP contribution in [0.25, 0.3) is 5.65 Å². The third kappa shape index (κ3) is 4.45. The molecule has 0 fully saturated rings. The maximum atomic E-state index is 12.6. The van der Waals surface area contributed by atoms with Gasteiger partial charge in [-0.3, -0.25) is 14.0 Å². The van der Waals surface area contributed by atoms with Crippen LogP contribution in [0, 0.1) is 25.2 Å². The van der Waals surface area contributed by atoms with Crippen molar-refractivity contribution in [1.29, 1.82) is 5.26 Å². The summed E-state index contributed by atoms with van der Waals surface area (Å²) in [4.78, 5) is 39.6. The molecule has 2 N–H and O–H groups in total. The van der Waals surface area contributed by atoms with Gasteiger partial charge in [-0.1, -0.05) is 18.2 Å². The second-order valence-corrected chi connectivity index (χ2v) is 7.79. The number of amides is 1. The molecule has 0 aliphatic carbocycles. The summed E-state index contributed by atoms with van der Waals surface area (Å²) in [6, 6.07) is 14.5. The fourth-order valence-electron chi connectivity index (χ4n) is 3.87. The molecule has 0 spiro atoms. The van der Waals surface area contributed by atoms with Gasteiger partial charge in [-0.05, 0) is 61.2 Å². The van der Waals surface area contributed by atoms with Gasteiger partial charge < -0.3 is 10.3 Å². The highest BCUT2D eigenvalue weighted by molar-refractivity contribution is 5.90. The fourth-order valence-corrected chi connectivity index (χ4v) is 3.87. The molecule has 3 heterocycles. The quantitative estimate of drug-likeness (QED) is 0.474. The minimum absolute atomic E-state index is 0.0749.